The van der Waals surface area contributed by atoms with Gasteiger partial charge in [-0.3, -0.25) is 4.72 Å². The molecule has 176 valence electrons. The van der Waals surface area contributed by atoms with E-state index in [9.17, 15) is 34.8 Å². The second kappa shape index (κ2) is 9.08. The Labute approximate surface area is 180 Å². The minimum atomic E-state index is -4.75. The maximum absolute atomic E-state index is 13.0. The Balaban J connectivity index is 1.96. The van der Waals surface area contributed by atoms with Gasteiger partial charge in [0.25, 0.3) is 10.0 Å². The van der Waals surface area contributed by atoms with E-state index < -0.39 is 52.0 Å². The molecular weight excluding hydrogens is 464 g/mol. The fraction of sp³-hybridized carbons (Fsp3) is 0.400. The van der Waals surface area contributed by atoms with Crippen LogP contribution >= 0.6 is 0 Å². The minimum absolute atomic E-state index is 0.255. The highest BCUT2D eigenvalue weighted by Gasteiger charge is 2.32. The van der Waals surface area contributed by atoms with E-state index >= 15 is 0 Å². The van der Waals surface area contributed by atoms with Gasteiger partial charge < -0.3 is 9.47 Å². The van der Waals surface area contributed by atoms with Gasteiger partial charge in [-0.25, -0.2) is 8.42 Å². The molecule has 0 amide bonds. The third-order valence-electron chi connectivity index (χ3n) is 4.64. The molecule has 0 heterocycles. The van der Waals surface area contributed by atoms with E-state index in [0.717, 1.165) is 42.5 Å². The van der Waals surface area contributed by atoms with Crippen LogP contribution in [-0.2, 0) is 22.9 Å². The third-order valence-corrected chi connectivity index (χ3v) is 6.03. The maximum Gasteiger partial charge on any atom is 0.422 e. The van der Waals surface area contributed by atoms with Crippen molar-refractivity contribution in [2.24, 2.45) is 0 Å². The van der Waals surface area contributed by atoms with E-state index in [-0.39, 0.29) is 5.69 Å². The van der Waals surface area contributed by atoms with Crippen LogP contribution in [0, 0.1) is 0 Å². The van der Waals surface area contributed by atoms with Gasteiger partial charge in [0.15, 0.2) is 13.2 Å². The fourth-order valence-corrected chi connectivity index (χ4v) is 4.56. The van der Waals surface area contributed by atoms with Gasteiger partial charge in [-0.15, -0.1) is 0 Å². The van der Waals surface area contributed by atoms with Crippen molar-refractivity contribution >= 4 is 15.7 Å². The molecule has 12 heteroatoms. The van der Waals surface area contributed by atoms with Gasteiger partial charge in [0.05, 0.1) is 5.69 Å². The van der Waals surface area contributed by atoms with E-state index in [1.807, 2.05) is 6.07 Å². The lowest BCUT2D eigenvalue weighted by Gasteiger charge is -2.21. The van der Waals surface area contributed by atoms with Crippen LogP contribution in [0.1, 0.15) is 24.0 Å². The number of nitrogens with one attached hydrogen (secondary N) is 1. The zero-order valence-corrected chi connectivity index (χ0v) is 17.3. The summed E-state index contributed by atoms with van der Waals surface area (Å²) in [6.07, 6.45) is -6.29. The molecule has 0 atom stereocenters. The van der Waals surface area contributed by atoms with Gasteiger partial charge in [0.2, 0.25) is 0 Å². The van der Waals surface area contributed by atoms with Crippen molar-refractivity contribution < 1.29 is 44.2 Å². The summed E-state index contributed by atoms with van der Waals surface area (Å²) < 4.78 is 113. The summed E-state index contributed by atoms with van der Waals surface area (Å²) in [7, 11) is -4.53. The summed E-state index contributed by atoms with van der Waals surface area (Å²) >= 11 is 0. The van der Waals surface area contributed by atoms with Crippen LogP contribution in [0.15, 0.2) is 41.3 Å². The molecular formula is C20H19F6NO4S. The quantitative estimate of drug-likeness (QED) is 0.547. The molecule has 1 aliphatic rings. The lowest BCUT2D eigenvalue weighted by Crippen LogP contribution is -2.22. The zero-order chi connectivity index (χ0) is 23.6. The molecule has 1 N–H and O–H groups in total. The SMILES string of the molecule is O=S(=O)(Nc1cccc2c1CCCC2)c1cc(OCC(F)(F)F)ccc1OCC(F)(F)F. The van der Waals surface area contributed by atoms with Gasteiger partial charge in [-0.05, 0) is 55.0 Å². The molecule has 2 aromatic carbocycles. The molecule has 0 radical (unpaired) electrons. The fourth-order valence-electron chi connectivity index (χ4n) is 3.31. The molecule has 0 fully saturated rings. The number of rotatable bonds is 7. The second-order valence-electron chi connectivity index (χ2n) is 7.17. The molecule has 2 aromatic rings. The summed E-state index contributed by atoms with van der Waals surface area (Å²) in [6.45, 7) is -3.48. The number of halogens is 6. The van der Waals surface area contributed by atoms with Crippen LogP contribution in [0.4, 0.5) is 32.0 Å². The van der Waals surface area contributed by atoms with Crippen molar-refractivity contribution in [2.45, 2.75) is 42.9 Å². The first-order valence-electron chi connectivity index (χ1n) is 9.51. The predicted molar refractivity (Wildman–Crippen MR) is 103 cm³/mol. The van der Waals surface area contributed by atoms with Crippen LogP contribution in [0.5, 0.6) is 11.5 Å². The molecule has 3 rings (SSSR count). The summed E-state index contributed by atoms with van der Waals surface area (Å²) in [5.41, 5.74) is 1.97. The molecule has 5 nitrogen and oxygen atoms in total. The van der Waals surface area contributed by atoms with Crippen molar-refractivity contribution in [1.82, 2.24) is 0 Å². The Kier molecular flexibility index (Phi) is 6.82. The molecule has 0 saturated heterocycles. The first-order chi connectivity index (χ1) is 14.8. The smallest absolute Gasteiger partial charge is 0.422 e. The van der Waals surface area contributed by atoms with Gasteiger partial charge in [0.1, 0.15) is 16.4 Å². The predicted octanol–water partition coefficient (Wildman–Crippen LogP) is 5.25. The van der Waals surface area contributed by atoms with Gasteiger partial charge in [-0.1, -0.05) is 12.1 Å². The molecule has 0 unspecified atom stereocenters. The van der Waals surface area contributed by atoms with Gasteiger partial charge >= 0.3 is 12.4 Å². The number of aryl methyl sites for hydroxylation is 1. The summed E-state index contributed by atoms with van der Waals surface area (Å²) in [6, 6.07) is 7.45. The standard InChI is InChI=1S/C20H19F6NO4S/c21-19(22,23)11-30-14-8-9-17(31-12-20(24,25)26)18(10-14)32(28,29)27-16-7-3-5-13-4-1-2-6-15(13)16/h3,5,7-10,27H,1-2,4,6,11-12H2. The molecule has 32 heavy (non-hydrogen) atoms. The van der Waals surface area contributed by atoms with E-state index in [4.69, 9.17) is 0 Å². The molecule has 0 bridgehead atoms. The molecule has 0 aromatic heterocycles. The number of sulfonamides is 1. The van der Waals surface area contributed by atoms with Crippen molar-refractivity contribution in [2.75, 3.05) is 17.9 Å². The highest BCUT2D eigenvalue weighted by Crippen LogP contribution is 2.34. The topological polar surface area (TPSA) is 64.6 Å². The van der Waals surface area contributed by atoms with Crippen LogP contribution in [0.25, 0.3) is 0 Å². The van der Waals surface area contributed by atoms with Crippen molar-refractivity contribution in [1.29, 1.82) is 0 Å². The Hall–Kier alpha value is -2.63. The first-order valence-corrected chi connectivity index (χ1v) is 11.0. The Morgan fingerprint density at radius 1 is 0.875 bits per heavy atom. The average Bonchev–Trinajstić information content (AvgIpc) is 2.70. The van der Waals surface area contributed by atoms with E-state index in [2.05, 4.69) is 14.2 Å². The number of hydrogen-bond acceptors (Lipinski definition) is 4. The van der Waals surface area contributed by atoms with E-state index in [1.54, 1.807) is 6.07 Å². The van der Waals surface area contributed by atoms with Gasteiger partial charge in [0, 0.05) is 6.07 Å². The maximum atomic E-state index is 13.0. The van der Waals surface area contributed by atoms with Crippen molar-refractivity contribution in [3.63, 3.8) is 0 Å². The average molecular weight is 483 g/mol. The van der Waals surface area contributed by atoms with Crippen LogP contribution in [0.2, 0.25) is 0 Å². The molecule has 0 saturated carbocycles. The Morgan fingerprint density at radius 3 is 2.22 bits per heavy atom. The summed E-state index contributed by atoms with van der Waals surface area (Å²) in [5.74, 6) is -1.16. The number of anilines is 1. The number of hydrogen-bond donors (Lipinski definition) is 1. The van der Waals surface area contributed by atoms with Crippen molar-refractivity contribution in [3.05, 3.63) is 47.5 Å². The van der Waals surface area contributed by atoms with Crippen LogP contribution in [0.3, 0.4) is 0 Å². The van der Waals surface area contributed by atoms with Gasteiger partial charge in [-0.2, -0.15) is 26.3 Å². The Morgan fingerprint density at radius 2 is 1.53 bits per heavy atom. The lowest BCUT2D eigenvalue weighted by atomic mass is 9.91. The zero-order valence-electron chi connectivity index (χ0n) is 16.5. The van der Waals surface area contributed by atoms with E-state index in [1.165, 1.54) is 6.07 Å². The number of alkyl halides is 6. The highest BCUT2D eigenvalue weighted by molar-refractivity contribution is 7.92. The monoisotopic (exact) mass is 483 g/mol. The molecule has 0 spiro atoms. The second-order valence-corrected chi connectivity index (χ2v) is 8.82. The third kappa shape index (κ3) is 6.44. The number of benzene rings is 2. The van der Waals surface area contributed by atoms with Crippen LogP contribution in [-0.4, -0.2) is 34.0 Å². The van der Waals surface area contributed by atoms with E-state index in [0.29, 0.717) is 12.5 Å². The summed E-state index contributed by atoms with van der Waals surface area (Å²) in [5, 5.41) is 0. The number of ether oxygens (including phenoxy) is 2. The number of fused-ring (bicyclic) bond motifs is 1. The minimum Gasteiger partial charge on any atom is -0.484 e. The molecule has 1 aliphatic carbocycles. The molecule has 0 aliphatic heterocycles. The highest BCUT2D eigenvalue weighted by atomic mass is 32.2. The summed E-state index contributed by atoms with van der Waals surface area (Å²) in [4.78, 5) is -0.769. The largest absolute Gasteiger partial charge is 0.484 e. The van der Waals surface area contributed by atoms with Crippen LogP contribution < -0.4 is 14.2 Å². The normalized spacial score (nSPS) is 14.6. The Bertz CT molecular complexity index is 1070. The first kappa shape index (κ1) is 24.0. The lowest BCUT2D eigenvalue weighted by molar-refractivity contribution is -0.154. The van der Waals surface area contributed by atoms with Crippen molar-refractivity contribution in [3.8, 4) is 11.5 Å².